The van der Waals surface area contributed by atoms with E-state index >= 15 is 0 Å². The number of carbonyl (C=O) groups is 2. The molecule has 1 heterocycles. The zero-order valence-electron chi connectivity index (χ0n) is 17.4. The van der Waals surface area contributed by atoms with Crippen LogP contribution in [0.4, 0.5) is 17.1 Å². The zero-order chi connectivity index (χ0) is 23.5. The van der Waals surface area contributed by atoms with Gasteiger partial charge in [-0.15, -0.1) is 11.8 Å². The average Bonchev–Trinajstić information content (AvgIpc) is 3.20. The third-order valence-corrected chi connectivity index (χ3v) is 6.59. The Morgan fingerprint density at radius 3 is 2.64 bits per heavy atom. The van der Waals surface area contributed by atoms with Crippen LogP contribution in [0.25, 0.3) is 0 Å². The van der Waals surface area contributed by atoms with E-state index in [0.717, 1.165) is 17.3 Å². The van der Waals surface area contributed by atoms with Gasteiger partial charge in [-0.1, -0.05) is 23.7 Å². The molecular formula is C23H18ClN3O5S. The number of thioether (sulfide) groups is 1. The smallest absolute Gasteiger partial charge is 0.288 e. The van der Waals surface area contributed by atoms with E-state index in [0.29, 0.717) is 17.2 Å². The molecule has 4 rings (SSSR count). The summed E-state index contributed by atoms with van der Waals surface area (Å²) < 4.78 is 5.19. The lowest BCUT2D eigenvalue weighted by Crippen LogP contribution is -2.27. The van der Waals surface area contributed by atoms with Crippen molar-refractivity contribution in [2.75, 3.05) is 23.1 Å². The number of ether oxygens (including phenoxy) is 1. The van der Waals surface area contributed by atoms with E-state index in [9.17, 15) is 19.7 Å². The lowest BCUT2D eigenvalue weighted by molar-refractivity contribution is -0.384. The van der Waals surface area contributed by atoms with Crippen molar-refractivity contribution < 1.29 is 19.2 Å². The molecule has 0 aliphatic carbocycles. The monoisotopic (exact) mass is 483 g/mol. The molecule has 1 N–H and O–H groups in total. The minimum Gasteiger partial charge on any atom is -0.497 e. The standard InChI is InChI=1S/C23H18ClN3O5S/c1-32-18-8-6-17(7-9-18)26-21(28)13-33-23(26)15-3-2-4-16(11-15)25-22(29)14-5-10-19(24)20(12-14)27(30)31/h2-12,23H,13H2,1H3,(H,25,29)/t23-/m0/s1. The number of hydrogen-bond donors (Lipinski definition) is 1. The minimum absolute atomic E-state index is 0.0157. The van der Waals surface area contributed by atoms with E-state index in [-0.39, 0.29) is 27.6 Å². The topological polar surface area (TPSA) is 102 Å². The fourth-order valence-corrected chi connectivity index (χ4v) is 4.81. The summed E-state index contributed by atoms with van der Waals surface area (Å²) in [5.41, 5.74) is 1.86. The average molecular weight is 484 g/mol. The molecule has 0 bridgehead atoms. The molecule has 0 spiro atoms. The summed E-state index contributed by atoms with van der Waals surface area (Å²) in [6, 6.07) is 18.3. The van der Waals surface area contributed by atoms with E-state index in [1.807, 2.05) is 18.2 Å². The van der Waals surface area contributed by atoms with Gasteiger partial charge in [-0.2, -0.15) is 0 Å². The van der Waals surface area contributed by atoms with Gasteiger partial charge in [0.05, 0.1) is 17.8 Å². The van der Waals surface area contributed by atoms with Crippen LogP contribution >= 0.6 is 23.4 Å². The number of methoxy groups -OCH3 is 1. The Bertz CT molecular complexity index is 1240. The van der Waals surface area contributed by atoms with Gasteiger partial charge in [0, 0.05) is 23.0 Å². The molecule has 10 heteroatoms. The minimum atomic E-state index is -0.637. The number of nitro benzene ring substituents is 1. The van der Waals surface area contributed by atoms with Gasteiger partial charge in [-0.05, 0) is 54.1 Å². The zero-order valence-corrected chi connectivity index (χ0v) is 18.9. The Hall–Kier alpha value is -3.56. The number of hydrogen-bond acceptors (Lipinski definition) is 6. The molecule has 0 radical (unpaired) electrons. The number of rotatable bonds is 6. The van der Waals surface area contributed by atoms with E-state index in [1.165, 1.54) is 23.9 Å². The Morgan fingerprint density at radius 1 is 1.18 bits per heavy atom. The lowest BCUT2D eigenvalue weighted by Gasteiger charge is -2.25. The van der Waals surface area contributed by atoms with Gasteiger partial charge < -0.3 is 10.1 Å². The molecule has 2 amide bonds. The van der Waals surface area contributed by atoms with Crippen molar-refractivity contribution >= 4 is 52.2 Å². The predicted octanol–water partition coefficient (Wildman–Crippen LogP) is 5.29. The number of nitrogens with one attached hydrogen (secondary N) is 1. The summed E-state index contributed by atoms with van der Waals surface area (Å²) in [5, 5.41) is 13.6. The molecular weight excluding hydrogens is 466 g/mol. The van der Waals surface area contributed by atoms with Crippen LogP contribution in [-0.2, 0) is 4.79 Å². The number of benzene rings is 3. The molecule has 1 aliphatic rings. The van der Waals surface area contributed by atoms with Gasteiger partial charge in [-0.3, -0.25) is 24.6 Å². The van der Waals surface area contributed by atoms with E-state index < -0.39 is 10.8 Å². The number of amides is 2. The molecule has 1 atom stereocenters. The van der Waals surface area contributed by atoms with Crippen molar-refractivity contribution in [2.45, 2.75) is 5.37 Å². The second-order valence-electron chi connectivity index (χ2n) is 7.13. The third kappa shape index (κ3) is 4.79. The summed E-state index contributed by atoms with van der Waals surface area (Å²) in [7, 11) is 1.58. The molecule has 8 nitrogen and oxygen atoms in total. The van der Waals surface area contributed by atoms with Gasteiger partial charge >= 0.3 is 0 Å². The first kappa shape index (κ1) is 22.6. The molecule has 1 aliphatic heterocycles. The number of nitrogens with zero attached hydrogens (tertiary/aromatic N) is 2. The van der Waals surface area contributed by atoms with Crippen LogP contribution < -0.4 is 15.0 Å². The summed E-state index contributed by atoms with van der Waals surface area (Å²) in [6.45, 7) is 0. The van der Waals surface area contributed by atoms with Gasteiger partial charge in [0.25, 0.3) is 11.6 Å². The molecule has 3 aromatic carbocycles. The summed E-state index contributed by atoms with van der Waals surface area (Å²) in [4.78, 5) is 37.5. The third-order valence-electron chi connectivity index (χ3n) is 5.05. The van der Waals surface area contributed by atoms with E-state index in [4.69, 9.17) is 16.3 Å². The van der Waals surface area contributed by atoms with Gasteiger partial charge in [0.15, 0.2) is 0 Å². The Balaban J connectivity index is 1.57. The molecule has 1 fully saturated rings. The van der Waals surface area contributed by atoms with Crippen molar-refractivity contribution in [3.63, 3.8) is 0 Å². The normalized spacial score (nSPS) is 15.4. The number of halogens is 1. The molecule has 33 heavy (non-hydrogen) atoms. The fraction of sp³-hybridized carbons (Fsp3) is 0.130. The molecule has 168 valence electrons. The van der Waals surface area contributed by atoms with E-state index in [2.05, 4.69) is 5.32 Å². The van der Waals surface area contributed by atoms with Crippen LogP contribution in [0, 0.1) is 10.1 Å². The van der Waals surface area contributed by atoms with Gasteiger partial charge in [-0.25, -0.2) is 0 Å². The molecule has 0 unspecified atom stereocenters. The van der Waals surface area contributed by atoms with Gasteiger partial charge in [0.1, 0.15) is 16.1 Å². The maximum atomic E-state index is 12.7. The van der Waals surface area contributed by atoms with Crippen molar-refractivity contribution in [1.82, 2.24) is 0 Å². The first-order chi connectivity index (χ1) is 15.9. The highest BCUT2D eigenvalue weighted by molar-refractivity contribution is 8.00. The Labute approximate surface area is 198 Å². The van der Waals surface area contributed by atoms with Crippen LogP contribution in [0.3, 0.4) is 0 Å². The summed E-state index contributed by atoms with van der Waals surface area (Å²) >= 11 is 7.32. The second kappa shape index (κ2) is 9.51. The van der Waals surface area contributed by atoms with Crippen LogP contribution in [0.5, 0.6) is 5.75 Å². The van der Waals surface area contributed by atoms with Crippen LogP contribution in [0.15, 0.2) is 66.7 Å². The van der Waals surface area contributed by atoms with Crippen LogP contribution in [0.2, 0.25) is 5.02 Å². The second-order valence-corrected chi connectivity index (χ2v) is 8.60. The molecule has 1 saturated heterocycles. The van der Waals surface area contributed by atoms with Crippen molar-refractivity contribution in [3.05, 3.63) is 93.0 Å². The molecule has 0 aromatic heterocycles. The Kier molecular flexibility index (Phi) is 6.52. The van der Waals surface area contributed by atoms with E-state index in [1.54, 1.807) is 42.3 Å². The first-order valence-electron chi connectivity index (χ1n) is 9.80. The highest BCUT2D eigenvalue weighted by Crippen LogP contribution is 2.42. The van der Waals surface area contributed by atoms with Crippen molar-refractivity contribution in [1.29, 1.82) is 0 Å². The lowest BCUT2D eigenvalue weighted by atomic mass is 10.1. The SMILES string of the molecule is COc1ccc(N2C(=O)CS[C@H]2c2cccc(NC(=O)c3ccc(Cl)c([N+](=O)[O-])c3)c2)cc1. The van der Waals surface area contributed by atoms with Crippen LogP contribution in [-0.4, -0.2) is 29.6 Å². The number of carbonyl (C=O) groups excluding carboxylic acids is 2. The highest BCUT2D eigenvalue weighted by Gasteiger charge is 2.34. The summed E-state index contributed by atoms with van der Waals surface area (Å²) in [5.74, 6) is 0.510. The van der Waals surface area contributed by atoms with Crippen molar-refractivity contribution in [2.24, 2.45) is 0 Å². The quantitative estimate of drug-likeness (QED) is 0.377. The highest BCUT2D eigenvalue weighted by atomic mass is 35.5. The predicted molar refractivity (Wildman–Crippen MR) is 128 cm³/mol. The number of nitro groups is 1. The molecule has 0 saturated carbocycles. The van der Waals surface area contributed by atoms with Crippen LogP contribution in [0.1, 0.15) is 21.3 Å². The summed E-state index contributed by atoms with van der Waals surface area (Å²) in [6.07, 6.45) is 0. The fourth-order valence-electron chi connectivity index (χ4n) is 3.46. The van der Waals surface area contributed by atoms with Gasteiger partial charge in [0.2, 0.25) is 5.91 Å². The number of anilines is 2. The maximum absolute atomic E-state index is 12.7. The first-order valence-corrected chi connectivity index (χ1v) is 11.2. The maximum Gasteiger partial charge on any atom is 0.288 e. The largest absolute Gasteiger partial charge is 0.497 e. The van der Waals surface area contributed by atoms with Crippen molar-refractivity contribution in [3.8, 4) is 5.75 Å². The molecule has 3 aromatic rings. The Morgan fingerprint density at radius 2 is 1.94 bits per heavy atom.